The molecule has 0 saturated carbocycles. The molecule has 0 amide bonds. The zero-order valence-corrected chi connectivity index (χ0v) is 8.98. The summed E-state index contributed by atoms with van der Waals surface area (Å²) >= 11 is 0. The fourth-order valence-corrected chi connectivity index (χ4v) is 1.37. The minimum Gasteiger partial charge on any atom is -0.300 e. The van der Waals surface area contributed by atoms with Gasteiger partial charge in [0, 0.05) is 6.04 Å². The van der Waals surface area contributed by atoms with Crippen LogP contribution in [0, 0.1) is 5.82 Å². The van der Waals surface area contributed by atoms with Gasteiger partial charge in [-0.05, 0) is 17.7 Å². The van der Waals surface area contributed by atoms with Crippen LogP contribution in [-0.2, 0) is 0 Å². The third kappa shape index (κ3) is 3.48. The number of alkyl halides is 3. The summed E-state index contributed by atoms with van der Waals surface area (Å²) in [5, 5.41) is 2.41. The van der Waals surface area contributed by atoms with Gasteiger partial charge in [0.1, 0.15) is 11.9 Å². The highest BCUT2D eigenvalue weighted by molar-refractivity contribution is 5.21. The van der Waals surface area contributed by atoms with Crippen LogP contribution in [0.4, 0.5) is 17.6 Å². The van der Waals surface area contributed by atoms with E-state index in [9.17, 15) is 17.6 Å². The molecule has 0 aliphatic carbocycles. The highest BCUT2D eigenvalue weighted by Gasteiger charge is 2.40. The van der Waals surface area contributed by atoms with Gasteiger partial charge in [-0.3, -0.25) is 0 Å². The summed E-state index contributed by atoms with van der Waals surface area (Å²) in [5.41, 5.74) is 0.0163. The lowest BCUT2D eigenvalue weighted by Crippen LogP contribution is -2.38. The summed E-state index contributed by atoms with van der Waals surface area (Å²) in [6, 6.07) is 2.27. The summed E-state index contributed by atoms with van der Waals surface area (Å²) in [4.78, 5) is 0. The number of benzene rings is 1. The first kappa shape index (κ1) is 13.0. The van der Waals surface area contributed by atoms with E-state index in [4.69, 9.17) is 0 Å². The molecule has 1 atom stereocenters. The Balaban J connectivity index is 2.97. The maximum Gasteiger partial charge on any atom is 0.407 e. The van der Waals surface area contributed by atoms with Crippen LogP contribution in [0.5, 0.6) is 0 Å². The normalized spacial score (nSPS) is 14.2. The molecule has 90 valence electrons. The van der Waals surface area contributed by atoms with Crippen molar-refractivity contribution >= 4 is 0 Å². The lowest BCUT2D eigenvalue weighted by molar-refractivity contribution is -0.159. The van der Waals surface area contributed by atoms with Gasteiger partial charge in [-0.1, -0.05) is 26.0 Å². The van der Waals surface area contributed by atoms with Gasteiger partial charge in [0.05, 0.1) is 0 Å². The van der Waals surface area contributed by atoms with Crippen LogP contribution in [0.1, 0.15) is 25.5 Å². The third-order valence-corrected chi connectivity index (χ3v) is 2.03. The second kappa shape index (κ2) is 4.82. The van der Waals surface area contributed by atoms with E-state index >= 15 is 0 Å². The molecule has 0 heterocycles. The Labute approximate surface area is 91.5 Å². The standard InChI is InChI=1S/C11H13F4N/c1-7(2)16-10(11(13,14)15)8-3-5-9(12)6-4-8/h3-7,10,16H,1-2H3/t10-/m1/s1. The van der Waals surface area contributed by atoms with Gasteiger partial charge in [0.25, 0.3) is 0 Å². The zero-order chi connectivity index (χ0) is 12.3. The Bertz CT molecular complexity index is 329. The fourth-order valence-electron chi connectivity index (χ4n) is 1.37. The molecule has 0 spiro atoms. The molecular weight excluding hydrogens is 222 g/mol. The molecule has 16 heavy (non-hydrogen) atoms. The Kier molecular flexibility index (Phi) is 3.91. The van der Waals surface area contributed by atoms with E-state index in [1.54, 1.807) is 13.8 Å². The zero-order valence-electron chi connectivity index (χ0n) is 8.98. The number of nitrogens with one attached hydrogen (secondary N) is 1. The van der Waals surface area contributed by atoms with Crippen LogP contribution < -0.4 is 5.32 Å². The van der Waals surface area contributed by atoms with E-state index in [1.807, 2.05) is 0 Å². The maximum absolute atomic E-state index is 12.7. The minimum atomic E-state index is -4.39. The summed E-state index contributed by atoms with van der Waals surface area (Å²) in [7, 11) is 0. The van der Waals surface area contributed by atoms with Gasteiger partial charge in [-0.15, -0.1) is 0 Å². The Morgan fingerprint density at radius 2 is 1.56 bits per heavy atom. The molecule has 1 rings (SSSR count). The van der Waals surface area contributed by atoms with Gasteiger partial charge in [0.15, 0.2) is 0 Å². The smallest absolute Gasteiger partial charge is 0.300 e. The molecule has 0 radical (unpaired) electrons. The predicted molar refractivity (Wildman–Crippen MR) is 53.5 cm³/mol. The monoisotopic (exact) mass is 235 g/mol. The summed E-state index contributed by atoms with van der Waals surface area (Å²) < 4.78 is 50.7. The van der Waals surface area contributed by atoms with E-state index in [2.05, 4.69) is 5.32 Å². The van der Waals surface area contributed by atoms with Crippen LogP contribution in [0.3, 0.4) is 0 Å². The van der Waals surface area contributed by atoms with Crippen LogP contribution in [0.25, 0.3) is 0 Å². The first-order valence-electron chi connectivity index (χ1n) is 4.89. The Morgan fingerprint density at radius 1 is 1.06 bits per heavy atom. The lowest BCUT2D eigenvalue weighted by Gasteiger charge is -2.24. The van der Waals surface area contributed by atoms with Gasteiger partial charge in [0.2, 0.25) is 0 Å². The van der Waals surface area contributed by atoms with Crippen LogP contribution in [0.2, 0.25) is 0 Å². The SMILES string of the molecule is CC(C)N[C@H](c1ccc(F)cc1)C(F)(F)F. The molecule has 0 fully saturated rings. The lowest BCUT2D eigenvalue weighted by atomic mass is 10.1. The molecule has 0 bridgehead atoms. The molecule has 1 N–H and O–H groups in total. The minimum absolute atomic E-state index is 0.0163. The van der Waals surface area contributed by atoms with E-state index in [1.165, 1.54) is 0 Å². The number of hydrogen-bond donors (Lipinski definition) is 1. The van der Waals surface area contributed by atoms with Gasteiger partial charge in [-0.25, -0.2) is 4.39 Å². The average molecular weight is 235 g/mol. The van der Waals surface area contributed by atoms with Crippen LogP contribution in [-0.4, -0.2) is 12.2 Å². The molecule has 0 saturated heterocycles. The molecule has 1 nitrogen and oxygen atoms in total. The molecule has 1 aromatic rings. The first-order valence-corrected chi connectivity index (χ1v) is 4.89. The van der Waals surface area contributed by atoms with E-state index < -0.39 is 18.0 Å². The predicted octanol–water partition coefficient (Wildman–Crippen LogP) is 3.43. The van der Waals surface area contributed by atoms with Gasteiger partial charge in [-0.2, -0.15) is 13.2 Å². The van der Waals surface area contributed by atoms with E-state index in [0.717, 1.165) is 24.3 Å². The summed E-state index contributed by atoms with van der Waals surface area (Å²) in [6.45, 7) is 3.25. The molecule has 5 heteroatoms. The summed E-state index contributed by atoms with van der Waals surface area (Å²) in [6.07, 6.45) is -4.39. The van der Waals surface area contributed by atoms with Crippen molar-refractivity contribution in [1.29, 1.82) is 0 Å². The van der Waals surface area contributed by atoms with Crippen molar-refractivity contribution in [2.24, 2.45) is 0 Å². The van der Waals surface area contributed by atoms with Gasteiger partial charge >= 0.3 is 6.18 Å². The van der Waals surface area contributed by atoms with Crippen molar-refractivity contribution in [2.75, 3.05) is 0 Å². The second-order valence-electron chi connectivity index (χ2n) is 3.85. The first-order chi connectivity index (χ1) is 7.30. The highest BCUT2D eigenvalue weighted by atomic mass is 19.4. The van der Waals surface area contributed by atoms with Crippen molar-refractivity contribution in [1.82, 2.24) is 5.32 Å². The van der Waals surface area contributed by atoms with Crippen molar-refractivity contribution < 1.29 is 17.6 Å². The highest BCUT2D eigenvalue weighted by Crippen LogP contribution is 2.32. The largest absolute Gasteiger partial charge is 0.407 e. The molecule has 0 aliphatic rings. The van der Waals surface area contributed by atoms with Crippen LogP contribution >= 0.6 is 0 Å². The van der Waals surface area contributed by atoms with Crippen molar-refractivity contribution in [3.63, 3.8) is 0 Å². The van der Waals surface area contributed by atoms with Crippen LogP contribution in [0.15, 0.2) is 24.3 Å². The number of halogens is 4. The average Bonchev–Trinajstić information content (AvgIpc) is 2.14. The van der Waals surface area contributed by atoms with E-state index in [-0.39, 0.29) is 11.6 Å². The molecule has 0 unspecified atom stereocenters. The molecular formula is C11H13F4N. The Morgan fingerprint density at radius 3 is 1.94 bits per heavy atom. The van der Waals surface area contributed by atoms with Crippen molar-refractivity contribution in [3.8, 4) is 0 Å². The van der Waals surface area contributed by atoms with Gasteiger partial charge < -0.3 is 5.32 Å². The third-order valence-electron chi connectivity index (χ3n) is 2.03. The maximum atomic E-state index is 12.7. The van der Waals surface area contributed by atoms with Crippen molar-refractivity contribution in [2.45, 2.75) is 32.1 Å². The number of rotatable bonds is 3. The second-order valence-corrected chi connectivity index (χ2v) is 3.85. The molecule has 0 aromatic heterocycles. The summed E-state index contributed by atoms with van der Waals surface area (Å²) in [5.74, 6) is -0.547. The van der Waals surface area contributed by atoms with E-state index in [0.29, 0.717) is 0 Å². The molecule has 0 aliphatic heterocycles. The fraction of sp³-hybridized carbons (Fsp3) is 0.455. The number of hydrogen-bond acceptors (Lipinski definition) is 1. The topological polar surface area (TPSA) is 12.0 Å². The van der Waals surface area contributed by atoms with Crippen molar-refractivity contribution in [3.05, 3.63) is 35.6 Å². The Hall–Kier alpha value is -1.10. The molecule has 1 aromatic carbocycles. The quantitative estimate of drug-likeness (QED) is 0.791.